The molecule has 1 heterocycles. The molecule has 0 spiro atoms. The molecule has 1 aromatic carbocycles. The maximum absolute atomic E-state index is 12.1. The fraction of sp³-hybridized carbons (Fsp3) is 0.357. The van der Waals surface area contributed by atoms with Gasteiger partial charge in [0.15, 0.2) is 5.69 Å². The summed E-state index contributed by atoms with van der Waals surface area (Å²) >= 11 is 0. The molecule has 2 rings (SSSR count). The van der Waals surface area contributed by atoms with Crippen LogP contribution in [-0.4, -0.2) is 39.4 Å². The number of nitrogens with zero attached hydrogens (tertiary/aromatic N) is 4. The van der Waals surface area contributed by atoms with Crippen molar-refractivity contribution in [3.63, 3.8) is 0 Å². The third-order valence-electron chi connectivity index (χ3n) is 2.89. The van der Waals surface area contributed by atoms with Crippen molar-refractivity contribution in [2.24, 2.45) is 0 Å². The predicted octanol–water partition coefficient (Wildman–Crippen LogP) is 2.14. The summed E-state index contributed by atoms with van der Waals surface area (Å²) in [7, 11) is 1.79. The lowest BCUT2D eigenvalue weighted by Crippen LogP contribution is -2.28. The number of hydrogen-bond donors (Lipinski definition) is 0. The van der Waals surface area contributed by atoms with Crippen LogP contribution in [0.4, 0.5) is 0 Å². The summed E-state index contributed by atoms with van der Waals surface area (Å²) in [5.74, 6) is -0.0874. The lowest BCUT2D eigenvalue weighted by Gasteiger charge is -2.14. The summed E-state index contributed by atoms with van der Waals surface area (Å²) in [4.78, 5) is 15.3. The number of benzene rings is 1. The third kappa shape index (κ3) is 3.19. The fourth-order valence-corrected chi connectivity index (χ4v) is 1.74. The minimum atomic E-state index is -0.0874. The largest absolute Gasteiger partial charge is 0.340 e. The Morgan fingerprint density at radius 2 is 2.05 bits per heavy atom. The van der Waals surface area contributed by atoms with Gasteiger partial charge in [0, 0.05) is 13.6 Å². The van der Waals surface area contributed by atoms with Crippen molar-refractivity contribution < 1.29 is 4.79 Å². The quantitative estimate of drug-likeness (QED) is 0.825. The van der Waals surface area contributed by atoms with Gasteiger partial charge in [0.2, 0.25) is 0 Å². The van der Waals surface area contributed by atoms with Crippen LogP contribution < -0.4 is 0 Å². The van der Waals surface area contributed by atoms with Crippen LogP contribution in [0.2, 0.25) is 0 Å². The zero-order valence-electron chi connectivity index (χ0n) is 11.3. The highest BCUT2D eigenvalue weighted by molar-refractivity contribution is 5.91. The second-order valence-electron chi connectivity index (χ2n) is 4.44. The van der Waals surface area contributed by atoms with Gasteiger partial charge in [0.25, 0.3) is 5.91 Å². The summed E-state index contributed by atoms with van der Waals surface area (Å²) in [6.45, 7) is 2.84. The molecule has 5 nitrogen and oxygen atoms in total. The number of aromatic nitrogens is 3. The summed E-state index contributed by atoms with van der Waals surface area (Å²) in [6.07, 6.45) is 3.57. The molecule has 0 atom stereocenters. The van der Waals surface area contributed by atoms with E-state index in [1.807, 2.05) is 30.3 Å². The molecule has 0 aliphatic carbocycles. The smallest absolute Gasteiger partial charge is 0.275 e. The Hall–Kier alpha value is -2.17. The first-order valence-electron chi connectivity index (χ1n) is 6.45. The highest BCUT2D eigenvalue weighted by Gasteiger charge is 2.15. The van der Waals surface area contributed by atoms with Gasteiger partial charge in [-0.25, -0.2) is 0 Å². The Bertz CT molecular complexity index is 535. The highest BCUT2D eigenvalue weighted by Crippen LogP contribution is 2.06. The molecule has 0 aliphatic rings. The molecule has 100 valence electrons. The van der Waals surface area contributed by atoms with Gasteiger partial charge in [0.1, 0.15) is 0 Å². The first-order valence-corrected chi connectivity index (χ1v) is 6.45. The normalized spacial score (nSPS) is 10.4. The minimum absolute atomic E-state index is 0.0874. The van der Waals surface area contributed by atoms with E-state index in [4.69, 9.17) is 0 Å². The van der Waals surface area contributed by atoms with Crippen LogP contribution in [0, 0.1) is 0 Å². The molecule has 19 heavy (non-hydrogen) atoms. The standard InChI is InChI=1S/C14H18N4O/c1-3-4-10-17(2)14(19)13-11-15-18(16-13)12-8-6-5-7-9-12/h5-9,11H,3-4,10H2,1-2H3. The van der Waals surface area contributed by atoms with E-state index in [-0.39, 0.29) is 5.91 Å². The van der Waals surface area contributed by atoms with E-state index in [0.29, 0.717) is 5.69 Å². The van der Waals surface area contributed by atoms with Crippen molar-refractivity contribution >= 4 is 5.91 Å². The van der Waals surface area contributed by atoms with Gasteiger partial charge >= 0.3 is 0 Å². The lowest BCUT2D eigenvalue weighted by atomic mass is 10.3. The van der Waals surface area contributed by atoms with Gasteiger partial charge < -0.3 is 4.90 Å². The van der Waals surface area contributed by atoms with Crippen LogP contribution in [0.5, 0.6) is 0 Å². The molecule has 2 aromatic rings. The third-order valence-corrected chi connectivity index (χ3v) is 2.89. The van der Waals surface area contributed by atoms with Crippen LogP contribution in [0.25, 0.3) is 5.69 Å². The molecule has 0 N–H and O–H groups in total. The first-order chi connectivity index (χ1) is 9.22. The monoisotopic (exact) mass is 258 g/mol. The van der Waals surface area contributed by atoms with E-state index < -0.39 is 0 Å². The average molecular weight is 258 g/mol. The molecule has 0 fully saturated rings. The molecule has 0 radical (unpaired) electrons. The summed E-state index contributed by atoms with van der Waals surface area (Å²) in [5.41, 5.74) is 1.22. The van der Waals surface area contributed by atoms with Crippen molar-refractivity contribution in [2.75, 3.05) is 13.6 Å². The van der Waals surface area contributed by atoms with Gasteiger partial charge in [-0.1, -0.05) is 31.5 Å². The zero-order valence-corrected chi connectivity index (χ0v) is 11.3. The van der Waals surface area contributed by atoms with Gasteiger partial charge in [-0.05, 0) is 18.6 Å². The molecule has 0 bridgehead atoms. The van der Waals surface area contributed by atoms with Gasteiger partial charge in [-0.2, -0.15) is 9.90 Å². The van der Waals surface area contributed by atoms with Gasteiger partial charge in [-0.3, -0.25) is 4.79 Å². The fourth-order valence-electron chi connectivity index (χ4n) is 1.74. The van der Waals surface area contributed by atoms with E-state index >= 15 is 0 Å². The second-order valence-corrected chi connectivity index (χ2v) is 4.44. The molecule has 5 heteroatoms. The number of hydrogen-bond acceptors (Lipinski definition) is 3. The molecule has 0 aliphatic heterocycles. The van der Waals surface area contributed by atoms with E-state index in [1.165, 1.54) is 11.0 Å². The lowest BCUT2D eigenvalue weighted by molar-refractivity contribution is 0.0787. The maximum Gasteiger partial charge on any atom is 0.275 e. The molecular formula is C14H18N4O. The molecular weight excluding hydrogens is 240 g/mol. The highest BCUT2D eigenvalue weighted by atomic mass is 16.2. The zero-order chi connectivity index (χ0) is 13.7. The van der Waals surface area contributed by atoms with Crippen molar-refractivity contribution in [3.8, 4) is 5.69 Å². The van der Waals surface area contributed by atoms with E-state index in [1.54, 1.807) is 11.9 Å². The van der Waals surface area contributed by atoms with E-state index in [9.17, 15) is 4.79 Å². The molecule has 1 aromatic heterocycles. The second kappa shape index (κ2) is 6.13. The number of unbranched alkanes of at least 4 members (excludes halogenated alkanes) is 1. The van der Waals surface area contributed by atoms with Crippen LogP contribution in [0.3, 0.4) is 0 Å². The number of amides is 1. The number of carbonyl (C=O) groups excluding carboxylic acids is 1. The minimum Gasteiger partial charge on any atom is -0.340 e. The van der Waals surface area contributed by atoms with Crippen molar-refractivity contribution in [2.45, 2.75) is 19.8 Å². The Labute approximate surface area is 112 Å². The Morgan fingerprint density at radius 3 is 2.74 bits per heavy atom. The molecule has 0 unspecified atom stereocenters. The Balaban J connectivity index is 2.11. The van der Waals surface area contributed by atoms with E-state index in [0.717, 1.165) is 25.1 Å². The van der Waals surface area contributed by atoms with Crippen LogP contribution >= 0.6 is 0 Å². The van der Waals surface area contributed by atoms with Crippen molar-refractivity contribution in [1.29, 1.82) is 0 Å². The molecule has 0 saturated heterocycles. The molecule has 0 saturated carbocycles. The predicted molar refractivity (Wildman–Crippen MR) is 73.2 cm³/mol. The Kier molecular flexibility index (Phi) is 4.28. The van der Waals surface area contributed by atoms with Crippen LogP contribution in [0.1, 0.15) is 30.3 Å². The van der Waals surface area contributed by atoms with Crippen molar-refractivity contribution in [3.05, 3.63) is 42.2 Å². The van der Waals surface area contributed by atoms with Crippen LogP contribution in [-0.2, 0) is 0 Å². The Morgan fingerprint density at radius 1 is 1.32 bits per heavy atom. The number of para-hydroxylation sites is 1. The SMILES string of the molecule is CCCCN(C)C(=O)c1cnn(-c2ccccc2)n1. The summed E-state index contributed by atoms with van der Waals surface area (Å²) in [5, 5.41) is 8.35. The summed E-state index contributed by atoms with van der Waals surface area (Å²) in [6, 6.07) is 9.54. The first kappa shape index (κ1) is 13.3. The number of rotatable bonds is 5. The van der Waals surface area contributed by atoms with Crippen molar-refractivity contribution in [1.82, 2.24) is 19.9 Å². The summed E-state index contributed by atoms with van der Waals surface area (Å²) < 4.78 is 0. The average Bonchev–Trinajstić information content (AvgIpc) is 2.94. The molecule has 1 amide bonds. The number of carbonyl (C=O) groups is 1. The van der Waals surface area contributed by atoms with Gasteiger partial charge in [-0.15, -0.1) is 5.10 Å². The van der Waals surface area contributed by atoms with E-state index in [2.05, 4.69) is 17.1 Å². The topological polar surface area (TPSA) is 51.0 Å². The maximum atomic E-state index is 12.1. The van der Waals surface area contributed by atoms with Gasteiger partial charge in [0.05, 0.1) is 11.9 Å². The van der Waals surface area contributed by atoms with Crippen LogP contribution in [0.15, 0.2) is 36.5 Å².